The van der Waals surface area contributed by atoms with Crippen LogP contribution in [-0.2, 0) is 9.59 Å². The molecule has 0 atom stereocenters. The number of carbonyl (C=O) groups excluding carboxylic acids is 2. The fraction of sp³-hybridized carbons (Fsp3) is 0.185. The van der Waals surface area contributed by atoms with Crippen molar-refractivity contribution in [2.24, 2.45) is 0 Å². The lowest BCUT2D eigenvalue weighted by molar-refractivity contribution is -0.120. The van der Waals surface area contributed by atoms with Crippen molar-refractivity contribution < 1.29 is 9.59 Å². The molecule has 0 aromatic heterocycles. The van der Waals surface area contributed by atoms with E-state index in [4.69, 9.17) is 11.6 Å². The number of hydrogen-bond acceptors (Lipinski definition) is 3. The lowest BCUT2D eigenvalue weighted by Crippen LogP contribution is -2.33. The van der Waals surface area contributed by atoms with E-state index in [-0.39, 0.29) is 11.6 Å². The van der Waals surface area contributed by atoms with E-state index in [1.165, 1.54) is 4.90 Å². The van der Waals surface area contributed by atoms with Crippen LogP contribution in [0.2, 0.25) is 5.02 Å². The van der Waals surface area contributed by atoms with Crippen LogP contribution in [0, 0.1) is 34.6 Å². The van der Waals surface area contributed by atoms with Gasteiger partial charge in [-0.1, -0.05) is 41.9 Å². The smallest absolute Gasteiger partial charge is 0.282 e. The van der Waals surface area contributed by atoms with Gasteiger partial charge in [-0.15, -0.1) is 0 Å². The zero-order valence-electron chi connectivity index (χ0n) is 18.8. The first-order valence-electron chi connectivity index (χ1n) is 10.5. The largest absolute Gasteiger partial charge is 0.350 e. The highest BCUT2D eigenvalue weighted by molar-refractivity contribution is 6.46. The number of amides is 2. The van der Waals surface area contributed by atoms with Crippen molar-refractivity contribution in [1.29, 1.82) is 0 Å². The van der Waals surface area contributed by atoms with E-state index in [0.717, 1.165) is 27.9 Å². The number of halogens is 1. The minimum absolute atomic E-state index is 0.266. The van der Waals surface area contributed by atoms with E-state index in [2.05, 4.69) is 11.4 Å². The van der Waals surface area contributed by atoms with Gasteiger partial charge in [0.05, 0.1) is 11.3 Å². The predicted octanol–water partition coefficient (Wildman–Crippen LogP) is 6.28. The Kier molecular flexibility index (Phi) is 5.66. The molecule has 2 amide bonds. The molecule has 162 valence electrons. The second kappa shape index (κ2) is 8.29. The van der Waals surface area contributed by atoms with Crippen LogP contribution in [0.4, 0.5) is 11.4 Å². The minimum Gasteiger partial charge on any atom is -0.350 e. The third-order valence-corrected chi connectivity index (χ3v) is 6.26. The topological polar surface area (TPSA) is 49.4 Å². The first-order chi connectivity index (χ1) is 15.2. The number of hydrogen-bond donors (Lipinski definition) is 1. The zero-order chi connectivity index (χ0) is 23.2. The van der Waals surface area contributed by atoms with Crippen molar-refractivity contribution in [3.8, 4) is 0 Å². The fourth-order valence-corrected chi connectivity index (χ4v) is 4.23. The average molecular weight is 445 g/mol. The fourth-order valence-electron chi connectivity index (χ4n) is 4.06. The van der Waals surface area contributed by atoms with Crippen LogP contribution in [0.5, 0.6) is 0 Å². The average Bonchev–Trinajstić information content (AvgIpc) is 2.95. The lowest BCUT2D eigenvalue weighted by Gasteiger charge is -2.18. The standard InChI is InChI=1S/C27H25ClN2O2/c1-15-11-16(2)13-21(12-15)29-25-24(20-10-9-17(3)18(4)14-20)26(31)30(27(25)32)23-8-6-7-22(28)19(23)5/h6-14,29H,1-5H3. The highest BCUT2D eigenvalue weighted by Crippen LogP contribution is 2.37. The van der Waals surface area contributed by atoms with Gasteiger partial charge in [0.1, 0.15) is 5.70 Å². The first kappa shape index (κ1) is 21.8. The van der Waals surface area contributed by atoms with E-state index in [0.29, 0.717) is 27.4 Å². The Balaban J connectivity index is 1.89. The molecule has 1 aliphatic rings. The second-order valence-electron chi connectivity index (χ2n) is 8.38. The Bertz CT molecular complexity index is 1290. The third-order valence-electron chi connectivity index (χ3n) is 5.85. The van der Waals surface area contributed by atoms with E-state index < -0.39 is 5.91 Å². The molecule has 4 nitrogen and oxygen atoms in total. The molecule has 3 aromatic carbocycles. The normalized spacial score (nSPS) is 13.9. The molecule has 0 saturated heterocycles. The van der Waals surface area contributed by atoms with E-state index in [9.17, 15) is 9.59 Å². The number of nitrogens with one attached hydrogen (secondary N) is 1. The highest BCUT2D eigenvalue weighted by atomic mass is 35.5. The Morgan fingerprint density at radius 3 is 2.12 bits per heavy atom. The van der Waals surface area contributed by atoms with Crippen LogP contribution in [0.15, 0.2) is 60.3 Å². The van der Waals surface area contributed by atoms with Gasteiger partial charge in [-0.25, -0.2) is 4.90 Å². The Hall–Kier alpha value is -3.37. The molecular weight excluding hydrogens is 420 g/mol. The van der Waals surface area contributed by atoms with Gasteiger partial charge in [0, 0.05) is 10.7 Å². The van der Waals surface area contributed by atoms with Crippen molar-refractivity contribution in [2.45, 2.75) is 34.6 Å². The van der Waals surface area contributed by atoms with Crippen LogP contribution in [0.1, 0.15) is 33.4 Å². The van der Waals surface area contributed by atoms with Crippen molar-refractivity contribution in [3.63, 3.8) is 0 Å². The quantitative estimate of drug-likeness (QED) is 0.482. The van der Waals surface area contributed by atoms with Crippen molar-refractivity contribution in [2.75, 3.05) is 10.2 Å². The summed E-state index contributed by atoms with van der Waals surface area (Å²) in [5.41, 5.74) is 7.59. The summed E-state index contributed by atoms with van der Waals surface area (Å²) in [6, 6.07) is 17.0. The first-order valence-corrected chi connectivity index (χ1v) is 10.9. The third kappa shape index (κ3) is 3.82. The van der Waals surface area contributed by atoms with Crippen LogP contribution in [-0.4, -0.2) is 11.8 Å². The molecule has 0 fully saturated rings. The van der Waals surface area contributed by atoms with Crippen molar-refractivity contribution >= 4 is 40.4 Å². The number of imide groups is 1. The van der Waals surface area contributed by atoms with Crippen LogP contribution in [0.3, 0.4) is 0 Å². The molecule has 1 aliphatic heterocycles. The molecule has 0 unspecified atom stereocenters. The Labute approximate surface area is 193 Å². The van der Waals surface area contributed by atoms with Gasteiger partial charge in [0.15, 0.2) is 0 Å². The Morgan fingerprint density at radius 2 is 1.47 bits per heavy atom. The summed E-state index contributed by atoms with van der Waals surface area (Å²) >= 11 is 6.30. The van der Waals surface area contributed by atoms with Gasteiger partial charge in [-0.2, -0.15) is 0 Å². The van der Waals surface area contributed by atoms with Gasteiger partial charge in [-0.3, -0.25) is 9.59 Å². The maximum atomic E-state index is 13.7. The number of anilines is 2. The second-order valence-corrected chi connectivity index (χ2v) is 8.79. The molecule has 1 heterocycles. The summed E-state index contributed by atoms with van der Waals surface area (Å²) in [5, 5.41) is 3.76. The van der Waals surface area contributed by atoms with Gasteiger partial charge in [0.25, 0.3) is 11.8 Å². The van der Waals surface area contributed by atoms with Crippen LogP contribution >= 0.6 is 11.6 Å². The minimum atomic E-state index is -0.396. The molecule has 5 heteroatoms. The molecule has 0 bridgehead atoms. The van der Waals surface area contributed by atoms with Gasteiger partial charge in [-0.05, 0) is 92.3 Å². The van der Waals surface area contributed by atoms with Gasteiger partial charge in [0.2, 0.25) is 0 Å². The summed E-state index contributed by atoms with van der Waals surface area (Å²) in [4.78, 5) is 28.5. The Morgan fingerprint density at radius 1 is 0.781 bits per heavy atom. The number of carbonyl (C=O) groups is 2. The molecule has 0 spiro atoms. The SMILES string of the molecule is Cc1cc(C)cc(NC2=C(c3ccc(C)c(C)c3)C(=O)N(c3cccc(Cl)c3C)C2=O)c1. The van der Waals surface area contributed by atoms with E-state index >= 15 is 0 Å². The van der Waals surface area contributed by atoms with Crippen LogP contribution in [0.25, 0.3) is 5.57 Å². The van der Waals surface area contributed by atoms with Crippen molar-refractivity contribution in [1.82, 2.24) is 0 Å². The molecule has 0 aliphatic carbocycles. The summed E-state index contributed by atoms with van der Waals surface area (Å²) < 4.78 is 0. The summed E-state index contributed by atoms with van der Waals surface area (Å²) in [5.74, 6) is -0.761. The number of nitrogens with zero attached hydrogens (tertiary/aromatic N) is 1. The summed E-state index contributed by atoms with van der Waals surface area (Å²) in [6.45, 7) is 9.82. The van der Waals surface area contributed by atoms with E-state index in [1.807, 2.05) is 65.0 Å². The van der Waals surface area contributed by atoms with E-state index in [1.54, 1.807) is 18.2 Å². The zero-order valence-corrected chi connectivity index (χ0v) is 19.6. The van der Waals surface area contributed by atoms with Gasteiger partial charge < -0.3 is 5.32 Å². The van der Waals surface area contributed by atoms with Crippen molar-refractivity contribution in [3.05, 3.63) is 98.7 Å². The van der Waals surface area contributed by atoms with Crippen LogP contribution < -0.4 is 10.2 Å². The predicted molar refractivity (Wildman–Crippen MR) is 131 cm³/mol. The molecule has 0 radical (unpaired) electrons. The lowest BCUT2D eigenvalue weighted by atomic mass is 9.99. The molecule has 4 rings (SSSR count). The molecule has 1 N–H and O–H groups in total. The molecule has 32 heavy (non-hydrogen) atoms. The summed E-state index contributed by atoms with van der Waals surface area (Å²) in [7, 11) is 0. The molecule has 3 aromatic rings. The molecule has 0 saturated carbocycles. The maximum Gasteiger partial charge on any atom is 0.282 e. The summed E-state index contributed by atoms with van der Waals surface area (Å²) in [6.07, 6.45) is 0. The number of aryl methyl sites for hydroxylation is 4. The number of rotatable bonds is 4. The number of benzene rings is 3. The monoisotopic (exact) mass is 444 g/mol. The van der Waals surface area contributed by atoms with Gasteiger partial charge >= 0.3 is 0 Å². The molecular formula is C27H25ClN2O2. The highest BCUT2D eigenvalue weighted by Gasteiger charge is 2.41. The maximum absolute atomic E-state index is 13.7.